The molecule has 23 heavy (non-hydrogen) atoms. The van der Waals surface area contributed by atoms with Gasteiger partial charge in [-0.15, -0.1) is 6.58 Å². The Balaban J connectivity index is 1.38. The van der Waals surface area contributed by atoms with Crippen LogP contribution in [0.15, 0.2) is 12.7 Å². The smallest absolute Gasteiger partial charge is 0.0897 e. The van der Waals surface area contributed by atoms with Crippen molar-refractivity contribution in [2.45, 2.75) is 83.5 Å². The minimum Gasteiger partial charge on any atom is -0.251 e. The summed E-state index contributed by atoms with van der Waals surface area (Å²) in [5, 5.41) is 0. The summed E-state index contributed by atoms with van der Waals surface area (Å²) in [6, 6.07) is 0. The van der Waals surface area contributed by atoms with Crippen molar-refractivity contribution in [2.75, 3.05) is 6.67 Å². The number of rotatable bonds is 5. The van der Waals surface area contributed by atoms with Gasteiger partial charge in [0.05, 0.1) is 6.67 Å². The highest BCUT2D eigenvalue weighted by Gasteiger charge is 2.34. The van der Waals surface area contributed by atoms with Crippen molar-refractivity contribution >= 4 is 0 Å². The van der Waals surface area contributed by atoms with Crippen molar-refractivity contribution in [2.24, 2.45) is 35.5 Å². The Morgan fingerprint density at radius 1 is 0.652 bits per heavy atom. The second kappa shape index (κ2) is 8.67. The summed E-state index contributed by atoms with van der Waals surface area (Å²) >= 11 is 0. The van der Waals surface area contributed by atoms with Gasteiger partial charge in [0.25, 0.3) is 0 Å². The van der Waals surface area contributed by atoms with E-state index in [0.717, 1.165) is 36.0 Å². The van der Waals surface area contributed by atoms with Crippen LogP contribution >= 0.6 is 0 Å². The Bertz CT molecular complexity index is 339. The van der Waals surface area contributed by atoms with Crippen LogP contribution < -0.4 is 0 Å². The van der Waals surface area contributed by atoms with E-state index in [1.54, 1.807) is 0 Å². The van der Waals surface area contributed by atoms with E-state index in [1.165, 1.54) is 77.0 Å². The number of allylic oxidation sites excluding steroid dienone is 1. The molecule has 0 bridgehead atoms. The minimum atomic E-state index is -0.103. The van der Waals surface area contributed by atoms with Gasteiger partial charge in [-0.1, -0.05) is 18.9 Å². The summed E-state index contributed by atoms with van der Waals surface area (Å²) < 4.78 is 12.5. The Labute approximate surface area is 143 Å². The minimum absolute atomic E-state index is 0.103. The quantitative estimate of drug-likeness (QED) is 0.481. The van der Waals surface area contributed by atoms with E-state index in [0.29, 0.717) is 5.92 Å². The fraction of sp³-hybridized carbons (Fsp3) is 0.909. The van der Waals surface area contributed by atoms with Crippen LogP contribution in [0.4, 0.5) is 4.39 Å². The predicted octanol–water partition coefficient (Wildman–Crippen LogP) is 6.95. The highest BCUT2D eigenvalue weighted by Crippen LogP contribution is 2.46. The van der Waals surface area contributed by atoms with Crippen LogP contribution in [0.25, 0.3) is 0 Å². The third-order valence-electron chi connectivity index (χ3n) is 7.71. The predicted molar refractivity (Wildman–Crippen MR) is 97.1 cm³/mol. The van der Waals surface area contributed by atoms with E-state index in [9.17, 15) is 4.39 Å². The molecule has 3 aliphatic rings. The van der Waals surface area contributed by atoms with Crippen LogP contribution in [0.3, 0.4) is 0 Å². The maximum atomic E-state index is 12.5. The third kappa shape index (κ3) is 4.60. The molecule has 0 nitrogen and oxygen atoms in total. The molecular formula is C22H37F. The van der Waals surface area contributed by atoms with Gasteiger partial charge in [-0.2, -0.15) is 0 Å². The molecule has 0 heterocycles. The molecule has 0 spiro atoms. The van der Waals surface area contributed by atoms with Crippen molar-refractivity contribution in [3.63, 3.8) is 0 Å². The van der Waals surface area contributed by atoms with Crippen LogP contribution in [0.5, 0.6) is 0 Å². The van der Waals surface area contributed by atoms with Gasteiger partial charge in [-0.25, -0.2) is 0 Å². The Morgan fingerprint density at radius 3 is 1.43 bits per heavy atom. The van der Waals surface area contributed by atoms with Crippen LogP contribution in [0.2, 0.25) is 0 Å². The monoisotopic (exact) mass is 320 g/mol. The van der Waals surface area contributed by atoms with Gasteiger partial charge in [0.15, 0.2) is 0 Å². The second-order valence-corrected chi connectivity index (χ2v) is 8.84. The zero-order valence-electron chi connectivity index (χ0n) is 15.0. The highest BCUT2D eigenvalue weighted by atomic mass is 19.1. The van der Waals surface area contributed by atoms with E-state index in [-0.39, 0.29) is 6.67 Å². The van der Waals surface area contributed by atoms with E-state index < -0.39 is 0 Å². The maximum Gasteiger partial charge on any atom is 0.0897 e. The lowest BCUT2D eigenvalue weighted by Crippen LogP contribution is -2.29. The van der Waals surface area contributed by atoms with Gasteiger partial charge in [0, 0.05) is 0 Å². The molecule has 0 amide bonds. The number of alkyl halides is 1. The number of halogens is 1. The average molecular weight is 321 g/mol. The molecule has 132 valence electrons. The lowest BCUT2D eigenvalue weighted by atomic mass is 9.65. The SMILES string of the molecule is C=CC1CCC(C2CCC(C3CCC(CCF)CC3)CC2)CC1. The molecule has 0 unspecified atom stereocenters. The molecule has 0 N–H and O–H groups in total. The molecule has 3 saturated carbocycles. The van der Waals surface area contributed by atoms with Crippen molar-refractivity contribution in [1.82, 2.24) is 0 Å². The fourth-order valence-corrected chi connectivity index (χ4v) is 6.04. The molecule has 3 aliphatic carbocycles. The standard InChI is InChI=1S/C22H37F/c1-2-17-3-7-19(8-4-17)21-11-13-22(14-12-21)20-9-5-18(6-10-20)15-16-23/h2,17-22H,1,3-16H2. The summed E-state index contributed by atoms with van der Waals surface area (Å²) in [4.78, 5) is 0. The maximum absolute atomic E-state index is 12.5. The summed E-state index contributed by atoms with van der Waals surface area (Å²) in [7, 11) is 0. The first-order valence-electron chi connectivity index (χ1n) is 10.5. The van der Waals surface area contributed by atoms with Crippen LogP contribution in [-0.4, -0.2) is 6.67 Å². The first kappa shape index (κ1) is 17.5. The van der Waals surface area contributed by atoms with E-state index >= 15 is 0 Å². The van der Waals surface area contributed by atoms with Crippen molar-refractivity contribution in [3.8, 4) is 0 Å². The number of hydrogen-bond donors (Lipinski definition) is 0. The van der Waals surface area contributed by atoms with Crippen LogP contribution in [0.1, 0.15) is 83.5 Å². The first-order chi connectivity index (χ1) is 11.3. The van der Waals surface area contributed by atoms with Crippen LogP contribution in [0, 0.1) is 35.5 Å². The normalized spacial score (nSPS) is 42.3. The van der Waals surface area contributed by atoms with Gasteiger partial charge in [-0.3, -0.25) is 4.39 Å². The lowest BCUT2D eigenvalue weighted by molar-refractivity contribution is 0.106. The fourth-order valence-electron chi connectivity index (χ4n) is 6.04. The molecule has 0 aromatic rings. The highest BCUT2D eigenvalue weighted by molar-refractivity contribution is 4.88. The Kier molecular flexibility index (Phi) is 6.60. The molecule has 3 fully saturated rings. The molecule has 0 aromatic heterocycles. The van der Waals surface area contributed by atoms with Gasteiger partial charge < -0.3 is 0 Å². The van der Waals surface area contributed by atoms with E-state index in [1.807, 2.05) is 0 Å². The average Bonchev–Trinajstić information content (AvgIpc) is 2.63. The van der Waals surface area contributed by atoms with Gasteiger partial charge >= 0.3 is 0 Å². The Hall–Kier alpha value is -0.330. The zero-order chi connectivity index (χ0) is 16.1. The van der Waals surface area contributed by atoms with Gasteiger partial charge in [0.1, 0.15) is 0 Å². The molecule has 0 aromatic carbocycles. The summed E-state index contributed by atoms with van der Waals surface area (Å²) in [5.41, 5.74) is 0. The lowest BCUT2D eigenvalue weighted by Gasteiger charge is -2.41. The topological polar surface area (TPSA) is 0 Å². The molecule has 0 saturated heterocycles. The molecule has 0 aliphatic heterocycles. The van der Waals surface area contributed by atoms with E-state index in [4.69, 9.17) is 0 Å². The zero-order valence-corrected chi connectivity index (χ0v) is 15.0. The summed E-state index contributed by atoms with van der Waals surface area (Å²) in [6.45, 7) is 3.88. The second-order valence-electron chi connectivity index (χ2n) is 8.84. The van der Waals surface area contributed by atoms with Gasteiger partial charge in [0.2, 0.25) is 0 Å². The van der Waals surface area contributed by atoms with Crippen molar-refractivity contribution in [1.29, 1.82) is 0 Å². The molecule has 0 atom stereocenters. The van der Waals surface area contributed by atoms with Crippen molar-refractivity contribution < 1.29 is 4.39 Å². The molecular weight excluding hydrogens is 283 g/mol. The Morgan fingerprint density at radius 2 is 1.04 bits per heavy atom. The molecule has 0 radical (unpaired) electrons. The number of hydrogen-bond acceptors (Lipinski definition) is 0. The molecule has 3 rings (SSSR count). The largest absolute Gasteiger partial charge is 0.251 e. The summed E-state index contributed by atoms with van der Waals surface area (Å²) in [5.74, 6) is 5.53. The first-order valence-corrected chi connectivity index (χ1v) is 10.5. The van der Waals surface area contributed by atoms with Crippen LogP contribution in [-0.2, 0) is 0 Å². The van der Waals surface area contributed by atoms with Gasteiger partial charge in [-0.05, 0) is 106 Å². The molecule has 1 heteroatoms. The third-order valence-corrected chi connectivity index (χ3v) is 7.71. The van der Waals surface area contributed by atoms with E-state index in [2.05, 4.69) is 12.7 Å². The van der Waals surface area contributed by atoms with Crippen molar-refractivity contribution in [3.05, 3.63) is 12.7 Å². The summed E-state index contributed by atoms with van der Waals surface area (Å²) in [6.07, 6.45) is 20.1.